The van der Waals surface area contributed by atoms with Crippen LogP contribution in [0.5, 0.6) is 6.01 Å². The number of nitrogens with one attached hydrogen (secondary N) is 1. The van der Waals surface area contributed by atoms with Gasteiger partial charge in [-0.25, -0.2) is 0 Å². The summed E-state index contributed by atoms with van der Waals surface area (Å²) < 4.78 is 5.36. The first-order chi connectivity index (χ1) is 9.65. The molecule has 7 nitrogen and oxygen atoms in total. The van der Waals surface area contributed by atoms with E-state index in [1.165, 1.54) is 0 Å². The van der Waals surface area contributed by atoms with Crippen LogP contribution in [-0.2, 0) is 0 Å². The lowest BCUT2D eigenvalue weighted by atomic mass is 9.92. The van der Waals surface area contributed by atoms with Crippen molar-refractivity contribution in [2.45, 2.75) is 44.8 Å². The molecular weight excluding hydrogens is 258 g/mol. The Bertz CT molecular complexity index is 443. The third kappa shape index (κ3) is 3.27. The van der Waals surface area contributed by atoms with E-state index in [0.717, 1.165) is 25.7 Å². The second kappa shape index (κ2) is 6.69. The van der Waals surface area contributed by atoms with E-state index < -0.39 is 0 Å². The fourth-order valence-corrected chi connectivity index (χ4v) is 2.50. The van der Waals surface area contributed by atoms with E-state index in [0.29, 0.717) is 24.5 Å². The minimum Gasteiger partial charge on any atom is -0.464 e. The first-order valence-electron chi connectivity index (χ1n) is 7.13. The molecule has 1 heterocycles. The Morgan fingerprint density at radius 1 is 1.30 bits per heavy atom. The van der Waals surface area contributed by atoms with Gasteiger partial charge in [-0.2, -0.15) is 15.0 Å². The Hall–Kier alpha value is -1.63. The zero-order chi connectivity index (χ0) is 14.5. The summed E-state index contributed by atoms with van der Waals surface area (Å²) in [6.07, 6.45) is 3.64. The number of nitrogens with zero attached hydrogens (tertiary/aromatic N) is 4. The lowest BCUT2D eigenvalue weighted by Gasteiger charge is -2.35. The Morgan fingerprint density at radius 3 is 2.70 bits per heavy atom. The van der Waals surface area contributed by atoms with Crippen LogP contribution < -0.4 is 15.0 Å². The van der Waals surface area contributed by atoms with Gasteiger partial charge in [0.25, 0.3) is 0 Å². The molecule has 7 heteroatoms. The van der Waals surface area contributed by atoms with Crippen LogP contribution >= 0.6 is 0 Å². The molecule has 112 valence electrons. The molecule has 1 aromatic rings. The van der Waals surface area contributed by atoms with Crippen LogP contribution in [0, 0.1) is 0 Å². The molecule has 0 aliphatic heterocycles. The fourth-order valence-electron chi connectivity index (χ4n) is 2.50. The van der Waals surface area contributed by atoms with Gasteiger partial charge < -0.3 is 20.1 Å². The Balaban J connectivity index is 2.23. The molecule has 1 fully saturated rings. The van der Waals surface area contributed by atoms with Crippen LogP contribution in [0.15, 0.2) is 0 Å². The van der Waals surface area contributed by atoms with Crippen LogP contribution in [0.4, 0.5) is 11.9 Å². The topological polar surface area (TPSA) is 83.4 Å². The fraction of sp³-hybridized carbons (Fsp3) is 0.769. The van der Waals surface area contributed by atoms with Gasteiger partial charge in [0.1, 0.15) is 0 Å². The van der Waals surface area contributed by atoms with Crippen molar-refractivity contribution in [2.24, 2.45) is 0 Å². The highest BCUT2D eigenvalue weighted by Crippen LogP contribution is 2.25. The van der Waals surface area contributed by atoms with Crippen molar-refractivity contribution >= 4 is 11.9 Å². The zero-order valence-corrected chi connectivity index (χ0v) is 12.3. The predicted octanol–water partition coefficient (Wildman–Crippen LogP) is 1.05. The monoisotopic (exact) mass is 281 g/mol. The quantitative estimate of drug-likeness (QED) is 0.834. The number of aliphatic hydroxyl groups excluding tert-OH is 1. The second-order valence-corrected chi connectivity index (χ2v) is 4.95. The highest BCUT2D eigenvalue weighted by molar-refractivity contribution is 5.38. The summed E-state index contributed by atoms with van der Waals surface area (Å²) in [6.45, 7) is 2.39. The SMILES string of the molecule is CCOc1nc(NC)nc(N(C)C2CCCCC2O)n1. The van der Waals surface area contributed by atoms with Crippen LogP contribution in [-0.4, -0.2) is 52.9 Å². The molecule has 1 aliphatic rings. The Labute approximate surface area is 119 Å². The molecule has 1 aromatic heterocycles. The van der Waals surface area contributed by atoms with Gasteiger partial charge in [-0.1, -0.05) is 12.8 Å². The summed E-state index contributed by atoms with van der Waals surface area (Å²) in [5.74, 6) is 0.995. The normalized spacial score (nSPS) is 22.4. The standard InChI is InChI=1S/C13H23N5O2/c1-4-20-13-16-11(14-2)15-12(17-13)18(3)9-7-5-6-8-10(9)19/h9-10,19H,4-8H2,1-3H3,(H,14,15,16,17). The first-order valence-corrected chi connectivity index (χ1v) is 7.13. The molecule has 2 rings (SSSR count). The van der Waals surface area contributed by atoms with Gasteiger partial charge in [-0.05, 0) is 19.8 Å². The molecule has 20 heavy (non-hydrogen) atoms. The van der Waals surface area contributed by atoms with Gasteiger partial charge in [0.15, 0.2) is 0 Å². The average molecular weight is 281 g/mol. The summed E-state index contributed by atoms with van der Waals surface area (Å²) in [6, 6.07) is 0.351. The lowest BCUT2D eigenvalue weighted by Crippen LogP contribution is -2.44. The number of hydrogen-bond donors (Lipinski definition) is 2. The molecule has 2 unspecified atom stereocenters. The maximum atomic E-state index is 10.1. The van der Waals surface area contributed by atoms with E-state index in [4.69, 9.17) is 4.74 Å². The molecule has 0 bridgehead atoms. The zero-order valence-electron chi connectivity index (χ0n) is 12.3. The van der Waals surface area contributed by atoms with Crippen molar-refractivity contribution in [1.82, 2.24) is 15.0 Å². The van der Waals surface area contributed by atoms with E-state index >= 15 is 0 Å². The van der Waals surface area contributed by atoms with Crippen molar-refractivity contribution in [3.63, 3.8) is 0 Å². The van der Waals surface area contributed by atoms with E-state index in [1.54, 1.807) is 7.05 Å². The van der Waals surface area contributed by atoms with Gasteiger partial charge in [0.2, 0.25) is 11.9 Å². The second-order valence-electron chi connectivity index (χ2n) is 4.95. The van der Waals surface area contributed by atoms with Gasteiger partial charge in [0.05, 0.1) is 18.8 Å². The summed E-state index contributed by atoms with van der Waals surface area (Å²) in [7, 11) is 3.66. The highest BCUT2D eigenvalue weighted by atomic mass is 16.5. The van der Waals surface area contributed by atoms with Crippen LogP contribution in [0.25, 0.3) is 0 Å². The molecule has 1 aliphatic carbocycles. The molecular formula is C13H23N5O2. The summed E-state index contributed by atoms with van der Waals surface area (Å²) in [5.41, 5.74) is 0. The Morgan fingerprint density at radius 2 is 2.05 bits per heavy atom. The van der Waals surface area contributed by atoms with Crippen molar-refractivity contribution in [3.8, 4) is 6.01 Å². The van der Waals surface area contributed by atoms with Gasteiger partial charge in [-0.15, -0.1) is 0 Å². The molecule has 0 aromatic carbocycles. The van der Waals surface area contributed by atoms with E-state index in [1.807, 2.05) is 18.9 Å². The van der Waals surface area contributed by atoms with Crippen LogP contribution in [0.1, 0.15) is 32.6 Å². The number of rotatable bonds is 5. The molecule has 2 atom stereocenters. The van der Waals surface area contributed by atoms with Crippen molar-refractivity contribution in [3.05, 3.63) is 0 Å². The molecule has 0 amide bonds. The molecule has 0 saturated heterocycles. The minimum absolute atomic E-state index is 0.0466. The number of aromatic nitrogens is 3. The third-order valence-electron chi connectivity index (χ3n) is 3.61. The van der Waals surface area contributed by atoms with Crippen molar-refractivity contribution in [2.75, 3.05) is 30.9 Å². The van der Waals surface area contributed by atoms with Crippen LogP contribution in [0.2, 0.25) is 0 Å². The molecule has 0 spiro atoms. The highest BCUT2D eigenvalue weighted by Gasteiger charge is 2.28. The van der Waals surface area contributed by atoms with Crippen molar-refractivity contribution in [1.29, 1.82) is 0 Å². The maximum Gasteiger partial charge on any atom is 0.323 e. The lowest BCUT2D eigenvalue weighted by molar-refractivity contribution is 0.105. The number of aliphatic hydroxyl groups is 1. The Kier molecular flexibility index (Phi) is 4.94. The van der Waals surface area contributed by atoms with Crippen molar-refractivity contribution < 1.29 is 9.84 Å². The summed E-state index contributed by atoms with van der Waals surface area (Å²) >= 11 is 0. The third-order valence-corrected chi connectivity index (χ3v) is 3.61. The smallest absolute Gasteiger partial charge is 0.323 e. The largest absolute Gasteiger partial charge is 0.464 e. The summed E-state index contributed by atoms with van der Waals surface area (Å²) in [4.78, 5) is 14.7. The van der Waals surface area contributed by atoms with E-state index in [-0.39, 0.29) is 12.1 Å². The van der Waals surface area contributed by atoms with Crippen LogP contribution in [0.3, 0.4) is 0 Å². The summed E-state index contributed by atoms with van der Waals surface area (Å²) in [5, 5.41) is 13.0. The molecule has 1 saturated carbocycles. The number of ether oxygens (including phenoxy) is 1. The van der Waals surface area contributed by atoms with Gasteiger partial charge in [-0.3, -0.25) is 0 Å². The van der Waals surface area contributed by atoms with Gasteiger partial charge >= 0.3 is 6.01 Å². The molecule has 0 radical (unpaired) electrons. The van der Waals surface area contributed by atoms with E-state index in [9.17, 15) is 5.11 Å². The number of hydrogen-bond acceptors (Lipinski definition) is 7. The first kappa shape index (κ1) is 14.8. The predicted molar refractivity (Wildman–Crippen MR) is 77.2 cm³/mol. The van der Waals surface area contributed by atoms with Gasteiger partial charge in [0, 0.05) is 14.1 Å². The van der Waals surface area contributed by atoms with E-state index in [2.05, 4.69) is 20.3 Å². The number of anilines is 2. The average Bonchev–Trinajstić information content (AvgIpc) is 2.47. The molecule has 2 N–H and O–H groups in total. The minimum atomic E-state index is -0.334. The number of likely N-dealkylation sites (N-methyl/N-ethyl adjacent to an activating group) is 1. The maximum absolute atomic E-state index is 10.1.